The molecule has 2 aliphatic heterocycles. The third kappa shape index (κ3) is 10.6. The van der Waals surface area contributed by atoms with E-state index in [9.17, 15) is 0 Å². The molecule has 5 heterocycles. The van der Waals surface area contributed by atoms with Crippen LogP contribution in [-0.4, -0.2) is 94.5 Å². The molecule has 10 nitrogen and oxygen atoms in total. The van der Waals surface area contributed by atoms with E-state index in [1.165, 1.54) is 22.7 Å². The normalized spacial score (nSPS) is 12.3. The van der Waals surface area contributed by atoms with Gasteiger partial charge >= 0.3 is 16.8 Å². The molecule has 7 aromatic rings. The molecule has 0 amide bonds. The number of hydrogen-bond donors (Lipinski definition) is 0. The molecule has 69 heavy (non-hydrogen) atoms. The van der Waals surface area contributed by atoms with Crippen molar-refractivity contribution in [3.05, 3.63) is 157 Å². The fraction of sp³-hybridized carbons (Fsp3) is 0.207. The largest absolute Gasteiger partial charge is 3.00 e. The van der Waals surface area contributed by atoms with Gasteiger partial charge in [-0.2, -0.15) is 0 Å². The van der Waals surface area contributed by atoms with Crippen LogP contribution in [0.25, 0.3) is 90.9 Å². The van der Waals surface area contributed by atoms with Crippen LogP contribution in [-0.2, 0) is 16.8 Å². The van der Waals surface area contributed by atoms with Gasteiger partial charge in [-0.1, -0.05) is 24.3 Å². The third-order valence-electron chi connectivity index (χ3n) is 12.3. The molecular weight excluding hydrogens is 896 g/mol. The van der Waals surface area contributed by atoms with Crippen LogP contribution in [0.3, 0.4) is 0 Å². The van der Waals surface area contributed by atoms with Crippen molar-refractivity contribution in [2.24, 2.45) is 0 Å². The maximum absolute atomic E-state index is 6.25. The Morgan fingerprint density at radius 3 is 0.638 bits per heavy atom. The number of rotatable bonds is 8. The van der Waals surface area contributed by atoms with Gasteiger partial charge in [0.25, 0.3) is 0 Å². The second kappa shape index (κ2) is 19.8. The first-order valence-electron chi connectivity index (χ1n) is 22.4. The van der Waals surface area contributed by atoms with Gasteiger partial charge in [0.1, 0.15) is 22.7 Å². The molecule has 11 heteroatoms. The molecule has 0 saturated carbocycles. The summed E-state index contributed by atoms with van der Waals surface area (Å²) < 4.78 is 2.86. The summed E-state index contributed by atoms with van der Waals surface area (Å²) in [7, 11) is 26.3. The Labute approximate surface area is 418 Å². The summed E-state index contributed by atoms with van der Waals surface area (Å²) >= 11 is 0. The number of benzene rings is 4. The van der Waals surface area contributed by atoms with Crippen molar-refractivity contribution in [1.29, 1.82) is 10.5 Å². The van der Waals surface area contributed by atoms with E-state index >= 15 is 0 Å². The standard InChI is InChI=1S/C56H60N8.2CN.Co/c1-61(2,3)41-21-13-37(14-22-41)53-45-29-31-47(57-45)54(38-15-23-42(24-16-38)62(4,5)6)49-33-35-51(59-49)56(40-19-27-44(28-20-40)64(10,11)12)52-36-34-50(60-52)55(48-32-30-46(53)58-48)39-17-25-43(26-18-39)63(7,8)9;2*1-2;/h13-36H,1-12H3;;;/q+2;2*-1;+3. The molecule has 4 aromatic carbocycles. The second-order valence-electron chi connectivity index (χ2n) is 20.6. The summed E-state index contributed by atoms with van der Waals surface area (Å²) in [4.78, 5) is 22.0. The van der Waals surface area contributed by atoms with Crippen molar-refractivity contribution in [2.75, 3.05) is 84.6 Å². The summed E-state index contributed by atoms with van der Waals surface area (Å²) in [5.74, 6) is 0. The minimum Gasteiger partial charge on any atom is -0.657 e. The Bertz CT molecular complexity index is 2820. The Hall–Kier alpha value is -7.19. The molecule has 3 aromatic heterocycles. The van der Waals surface area contributed by atoms with Crippen molar-refractivity contribution >= 4 is 69.1 Å². The van der Waals surface area contributed by atoms with E-state index in [1.807, 2.05) is 0 Å². The number of hydrogen-bond acceptors (Lipinski definition) is 4. The quantitative estimate of drug-likeness (QED) is 0.111. The first kappa shape index (κ1) is 51.2. The fourth-order valence-electron chi connectivity index (χ4n) is 8.57. The van der Waals surface area contributed by atoms with E-state index in [2.05, 4.69) is 230 Å². The second-order valence-corrected chi connectivity index (χ2v) is 20.6. The maximum Gasteiger partial charge on any atom is 3.00 e. The van der Waals surface area contributed by atoms with Gasteiger partial charge in [0.05, 0.1) is 107 Å². The zero-order chi connectivity index (χ0) is 49.3. The molecule has 0 unspecified atom stereocenters. The summed E-state index contributed by atoms with van der Waals surface area (Å²) in [5, 5.41) is 12.5. The van der Waals surface area contributed by atoms with Crippen molar-refractivity contribution in [2.45, 2.75) is 0 Å². The van der Waals surface area contributed by atoms with E-state index in [1.54, 1.807) is 0 Å². The van der Waals surface area contributed by atoms with Crippen LogP contribution in [0.2, 0.25) is 0 Å². The topological polar surface area (TPSA) is 102 Å². The van der Waals surface area contributed by atoms with Crippen molar-refractivity contribution in [3.8, 4) is 44.5 Å². The predicted molar refractivity (Wildman–Crippen MR) is 287 cm³/mol. The molecule has 348 valence electrons. The van der Waals surface area contributed by atoms with Crippen molar-refractivity contribution in [1.82, 2.24) is 37.9 Å². The predicted octanol–water partition coefficient (Wildman–Crippen LogP) is 11.6. The van der Waals surface area contributed by atoms with E-state index in [0.29, 0.717) is 17.9 Å². The monoisotopic (exact) mass is 955 g/mol. The van der Waals surface area contributed by atoms with Crippen LogP contribution in [0.15, 0.2) is 121 Å². The van der Waals surface area contributed by atoms with Gasteiger partial charge in [-0.25, -0.2) is 9.97 Å². The Morgan fingerprint density at radius 1 is 0.304 bits per heavy atom. The summed E-state index contributed by atoms with van der Waals surface area (Å²) in [6, 6.07) is 43.9. The Balaban J connectivity index is 0.00000153. The van der Waals surface area contributed by atoms with E-state index < -0.39 is 0 Å². The summed E-state index contributed by atoms with van der Waals surface area (Å²) in [6.45, 7) is 9.50. The fourth-order valence-corrected chi connectivity index (χ4v) is 8.57. The van der Waals surface area contributed by atoms with Gasteiger partial charge in [-0.05, 0) is 166 Å². The molecule has 2 aliphatic rings. The van der Waals surface area contributed by atoms with E-state index in [-0.39, 0.29) is 16.8 Å². The van der Waals surface area contributed by atoms with Crippen molar-refractivity contribution in [3.63, 3.8) is 0 Å². The minimum atomic E-state index is 0. The van der Waals surface area contributed by atoms with Crippen LogP contribution >= 0.6 is 0 Å². The molecule has 0 atom stereocenters. The average Bonchev–Trinajstić information content (AvgIpc) is 4.16. The van der Waals surface area contributed by atoms with E-state index in [4.69, 9.17) is 43.6 Å². The van der Waals surface area contributed by atoms with Crippen LogP contribution in [0, 0.1) is 23.7 Å². The smallest absolute Gasteiger partial charge is 0.657 e. The molecular formula is C58H60CoN10+3. The van der Waals surface area contributed by atoms with Gasteiger partial charge in [0.2, 0.25) is 0 Å². The van der Waals surface area contributed by atoms with Gasteiger partial charge in [0.15, 0.2) is 0 Å². The molecule has 0 saturated heterocycles. The summed E-state index contributed by atoms with van der Waals surface area (Å²) in [5.41, 5.74) is 19.7. The van der Waals surface area contributed by atoms with Gasteiger partial charge < -0.3 is 33.6 Å². The first-order chi connectivity index (χ1) is 32.2. The number of quaternary nitrogens is 4. The number of aromatic nitrogens is 4. The first-order valence-corrected chi connectivity index (χ1v) is 22.4. The van der Waals surface area contributed by atoms with Crippen LogP contribution < -0.4 is 27.9 Å². The van der Waals surface area contributed by atoms with Gasteiger partial charge in [-0.15, -0.1) is 22.1 Å². The molecule has 0 spiro atoms. The van der Waals surface area contributed by atoms with Gasteiger partial charge in [0, 0.05) is 0 Å². The Kier molecular flexibility index (Phi) is 14.7. The van der Waals surface area contributed by atoms with Crippen molar-refractivity contribution < 1.29 is 16.8 Å². The zero-order valence-corrected chi connectivity index (χ0v) is 42.7. The molecule has 0 aliphatic carbocycles. The third-order valence-corrected chi connectivity index (χ3v) is 12.3. The van der Waals surface area contributed by atoms with Gasteiger partial charge in [-0.3, -0.25) is 17.9 Å². The average molecular weight is 956 g/mol. The number of fused-ring (bicyclic) bond motifs is 8. The zero-order valence-electron chi connectivity index (χ0n) is 41.7. The van der Waals surface area contributed by atoms with Crippen LogP contribution in [0.4, 0.5) is 22.7 Å². The number of nitrogens with zero attached hydrogens (tertiary/aromatic N) is 10. The van der Waals surface area contributed by atoms with Crippen LogP contribution in [0.5, 0.6) is 0 Å². The molecule has 8 bridgehead atoms. The maximum atomic E-state index is 6.25. The molecule has 0 fully saturated rings. The minimum absolute atomic E-state index is 0. The summed E-state index contributed by atoms with van der Waals surface area (Å²) in [6.07, 6.45) is 8.56. The Morgan fingerprint density at radius 2 is 0.478 bits per heavy atom. The molecule has 0 N–H and O–H groups in total. The molecule has 9 rings (SSSR count). The molecule has 0 radical (unpaired) electrons. The SMILES string of the molecule is C[N+](C)(C)c1ccc(-c2c3nc(c(-c4ccc([N+](C)(C)C)cc4)c4ccc([n-]4)c(-c4ccc([N+](C)(C)C)cc4)c4nc(c(-c5ccc([N+](C)(C)C)cc5)c5ccc2[n-]5)C=C4)C=C3)cc1.[C-]#N.[C-]#N.[Co+3]. The van der Waals surface area contributed by atoms with E-state index in [0.717, 1.165) is 89.4 Å². The van der Waals surface area contributed by atoms with Crippen LogP contribution in [0.1, 0.15) is 22.8 Å².